The summed E-state index contributed by atoms with van der Waals surface area (Å²) >= 11 is 1.21. The van der Waals surface area contributed by atoms with E-state index in [1.165, 1.54) is 11.8 Å². The minimum atomic E-state index is -0.0191. The van der Waals surface area contributed by atoms with Crippen LogP contribution < -0.4 is 5.73 Å². The second-order valence-electron chi connectivity index (χ2n) is 3.41. The largest absolute Gasteiger partial charge is 0.416 e. The van der Waals surface area contributed by atoms with Crippen molar-refractivity contribution in [3.63, 3.8) is 0 Å². The van der Waals surface area contributed by atoms with Crippen molar-refractivity contribution in [2.24, 2.45) is 5.73 Å². The Morgan fingerprint density at radius 1 is 1.41 bits per heavy atom. The van der Waals surface area contributed by atoms with Gasteiger partial charge in [-0.1, -0.05) is 0 Å². The fourth-order valence-electron chi connectivity index (χ4n) is 1.34. The molecular weight excluding hydrogens is 238 g/mol. The normalized spacial score (nSPS) is 10.5. The van der Waals surface area contributed by atoms with E-state index in [4.69, 9.17) is 15.6 Å². The minimum Gasteiger partial charge on any atom is -0.416 e. The molecule has 0 aliphatic rings. The fourth-order valence-corrected chi connectivity index (χ4v) is 2.24. The van der Waals surface area contributed by atoms with E-state index in [-0.39, 0.29) is 5.84 Å². The van der Waals surface area contributed by atoms with Crippen LogP contribution in [-0.4, -0.2) is 21.0 Å². The monoisotopic (exact) mass is 249 g/mol. The third kappa shape index (κ3) is 2.44. The summed E-state index contributed by atoms with van der Waals surface area (Å²) in [7, 11) is 0. The molecule has 0 atom stereocenters. The van der Waals surface area contributed by atoms with Crippen LogP contribution in [0.4, 0.5) is 0 Å². The number of pyridine rings is 1. The highest BCUT2D eigenvalue weighted by Crippen LogP contribution is 2.28. The Morgan fingerprint density at radius 3 is 2.76 bits per heavy atom. The van der Waals surface area contributed by atoms with Crippen molar-refractivity contribution < 1.29 is 4.42 Å². The van der Waals surface area contributed by atoms with E-state index in [9.17, 15) is 0 Å². The van der Waals surface area contributed by atoms with Gasteiger partial charge in [-0.15, -0.1) is 10.2 Å². The molecule has 0 saturated heterocycles. The molecule has 0 aliphatic carbocycles. The first-order chi connectivity index (χ1) is 8.08. The number of aromatic nitrogens is 3. The molecular formula is C10H11N5OS. The van der Waals surface area contributed by atoms with Crippen LogP contribution >= 0.6 is 11.8 Å². The van der Waals surface area contributed by atoms with Crippen molar-refractivity contribution in [2.45, 2.75) is 24.1 Å². The average Bonchev–Trinajstić information content (AvgIpc) is 2.63. The van der Waals surface area contributed by atoms with Crippen LogP contribution in [0.3, 0.4) is 0 Å². The first-order valence-corrected chi connectivity index (χ1v) is 5.67. The van der Waals surface area contributed by atoms with Gasteiger partial charge in [-0.2, -0.15) is 0 Å². The van der Waals surface area contributed by atoms with Crippen LogP contribution in [0.1, 0.15) is 17.0 Å². The van der Waals surface area contributed by atoms with Crippen LogP contribution in [0, 0.1) is 19.3 Å². The maximum Gasteiger partial charge on any atom is 0.282 e. The van der Waals surface area contributed by atoms with E-state index in [1.807, 2.05) is 6.92 Å². The number of rotatable bonds is 3. The van der Waals surface area contributed by atoms with E-state index >= 15 is 0 Å². The number of nitrogens with two attached hydrogens (primary N) is 1. The molecule has 17 heavy (non-hydrogen) atoms. The first-order valence-electron chi connectivity index (χ1n) is 4.86. The molecule has 2 aromatic heterocycles. The van der Waals surface area contributed by atoms with E-state index < -0.39 is 0 Å². The van der Waals surface area contributed by atoms with Gasteiger partial charge < -0.3 is 10.2 Å². The fraction of sp³-hybridized carbons (Fsp3) is 0.200. The molecule has 0 fully saturated rings. The molecule has 0 spiro atoms. The second-order valence-corrected chi connectivity index (χ2v) is 4.35. The summed E-state index contributed by atoms with van der Waals surface area (Å²) in [6, 6.07) is 1.81. The lowest BCUT2D eigenvalue weighted by atomic mass is 10.1. The lowest BCUT2D eigenvalue weighted by molar-refractivity contribution is 0.429. The molecule has 0 unspecified atom stereocenters. The lowest BCUT2D eigenvalue weighted by Gasteiger charge is -2.07. The molecule has 0 aliphatic heterocycles. The third-order valence-corrected chi connectivity index (χ3v) is 2.93. The molecule has 0 saturated carbocycles. The number of aryl methyl sites for hydroxylation is 2. The van der Waals surface area contributed by atoms with Crippen molar-refractivity contribution in [3.8, 4) is 0 Å². The Bertz CT molecular complexity index is 566. The summed E-state index contributed by atoms with van der Waals surface area (Å²) in [6.07, 6.45) is 1.66. The summed E-state index contributed by atoms with van der Waals surface area (Å²) in [5.74, 6) is 0.471. The quantitative estimate of drug-likeness (QED) is 0.631. The predicted molar refractivity (Wildman–Crippen MR) is 63.1 cm³/mol. The van der Waals surface area contributed by atoms with E-state index in [2.05, 4.69) is 15.2 Å². The van der Waals surface area contributed by atoms with E-state index in [0.29, 0.717) is 21.7 Å². The molecule has 7 heteroatoms. The van der Waals surface area contributed by atoms with Crippen molar-refractivity contribution >= 4 is 17.6 Å². The zero-order chi connectivity index (χ0) is 12.4. The lowest BCUT2D eigenvalue weighted by Crippen LogP contribution is -2.14. The van der Waals surface area contributed by atoms with Crippen LogP contribution in [-0.2, 0) is 0 Å². The van der Waals surface area contributed by atoms with Gasteiger partial charge in [0.15, 0.2) is 0 Å². The first kappa shape index (κ1) is 11.6. The van der Waals surface area contributed by atoms with Crippen LogP contribution in [0.25, 0.3) is 0 Å². The Labute approximate surface area is 102 Å². The standard InChI is InChI=1S/C10H11N5OS/c1-5-3-4-13-9(7(5)8(11)12)17-10-15-14-6(2)16-10/h3-4H,1-2H3,(H3,11,12). The smallest absolute Gasteiger partial charge is 0.282 e. The van der Waals surface area contributed by atoms with Crippen LogP contribution in [0.2, 0.25) is 0 Å². The average molecular weight is 249 g/mol. The molecule has 0 amide bonds. The Morgan fingerprint density at radius 2 is 2.18 bits per heavy atom. The summed E-state index contributed by atoms with van der Waals surface area (Å²) in [4.78, 5) is 4.18. The molecule has 0 bridgehead atoms. The maximum atomic E-state index is 7.55. The highest BCUT2D eigenvalue weighted by atomic mass is 32.2. The van der Waals surface area contributed by atoms with E-state index in [1.54, 1.807) is 19.2 Å². The zero-order valence-electron chi connectivity index (χ0n) is 9.39. The second kappa shape index (κ2) is 4.54. The van der Waals surface area contributed by atoms with Gasteiger partial charge in [-0.05, 0) is 30.3 Å². The van der Waals surface area contributed by atoms with Gasteiger partial charge >= 0.3 is 0 Å². The molecule has 2 rings (SSSR count). The van der Waals surface area contributed by atoms with Crippen LogP contribution in [0.5, 0.6) is 0 Å². The molecule has 2 aromatic rings. The molecule has 3 N–H and O–H groups in total. The van der Waals surface area contributed by atoms with Gasteiger partial charge in [0.25, 0.3) is 5.22 Å². The van der Waals surface area contributed by atoms with Gasteiger partial charge in [-0.25, -0.2) is 4.98 Å². The number of nitrogen functional groups attached to an aromatic ring is 1. The van der Waals surface area contributed by atoms with Crippen molar-refractivity contribution in [2.75, 3.05) is 0 Å². The Hall–Kier alpha value is -1.89. The Balaban J connectivity index is 2.39. The number of nitrogens with one attached hydrogen (secondary N) is 1. The molecule has 6 nitrogen and oxygen atoms in total. The number of hydrogen-bond donors (Lipinski definition) is 2. The summed E-state index contributed by atoms with van der Waals surface area (Å²) in [5.41, 5.74) is 7.04. The number of amidine groups is 1. The predicted octanol–water partition coefficient (Wildman–Crippen LogP) is 1.52. The highest BCUT2D eigenvalue weighted by Gasteiger charge is 2.14. The maximum absolute atomic E-state index is 7.55. The van der Waals surface area contributed by atoms with Gasteiger partial charge in [0.2, 0.25) is 5.89 Å². The minimum absolute atomic E-state index is 0.0191. The van der Waals surface area contributed by atoms with Crippen molar-refractivity contribution in [1.82, 2.24) is 15.2 Å². The third-order valence-electron chi connectivity index (χ3n) is 2.09. The van der Waals surface area contributed by atoms with Gasteiger partial charge in [0.05, 0.1) is 5.56 Å². The molecule has 0 aromatic carbocycles. The number of hydrogen-bond acceptors (Lipinski definition) is 6. The van der Waals surface area contributed by atoms with Crippen LogP contribution in [0.15, 0.2) is 26.9 Å². The molecule has 88 valence electrons. The topological polar surface area (TPSA) is 102 Å². The van der Waals surface area contributed by atoms with Crippen molar-refractivity contribution in [3.05, 3.63) is 29.3 Å². The SMILES string of the molecule is Cc1nnc(Sc2nccc(C)c2C(=N)N)o1. The Kier molecular flexibility index (Phi) is 3.10. The zero-order valence-corrected chi connectivity index (χ0v) is 10.2. The van der Waals surface area contributed by atoms with Gasteiger partial charge in [-0.3, -0.25) is 5.41 Å². The van der Waals surface area contributed by atoms with Gasteiger partial charge in [0.1, 0.15) is 10.9 Å². The van der Waals surface area contributed by atoms with E-state index in [0.717, 1.165) is 5.56 Å². The van der Waals surface area contributed by atoms with Gasteiger partial charge in [0, 0.05) is 13.1 Å². The molecule has 2 heterocycles. The highest BCUT2D eigenvalue weighted by molar-refractivity contribution is 7.99. The summed E-state index contributed by atoms with van der Waals surface area (Å²) in [5, 5.41) is 16.1. The molecule has 0 radical (unpaired) electrons. The number of nitrogens with zero attached hydrogens (tertiary/aromatic N) is 3. The summed E-state index contributed by atoms with van der Waals surface area (Å²) < 4.78 is 5.25. The van der Waals surface area contributed by atoms with Crippen molar-refractivity contribution in [1.29, 1.82) is 5.41 Å². The summed E-state index contributed by atoms with van der Waals surface area (Å²) in [6.45, 7) is 3.59.